The summed E-state index contributed by atoms with van der Waals surface area (Å²) < 4.78 is 27.5. The van der Waals surface area contributed by atoms with Crippen LogP contribution in [0.1, 0.15) is 11.3 Å². The predicted octanol–water partition coefficient (Wildman–Crippen LogP) is 1.38. The summed E-state index contributed by atoms with van der Waals surface area (Å²) in [7, 11) is 0. The van der Waals surface area contributed by atoms with Crippen LogP contribution in [0.3, 0.4) is 0 Å². The van der Waals surface area contributed by atoms with Crippen LogP contribution in [-0.4, -0.2) is 20.9 Å². The zero-order chi connectivity index (χ0) is 14.2. The van der Waals surface area contributed by atoms with Crippen LogP contribution < -0.4 is 5.56 Å². The number of hydrogen-bond donors (Lipinski definition) is 2. The number of nitrogens with zero attached hydrogens (tertiary/aromatic N) is 1. The van der Waals surface area contributed by atoms with E-state index in [-0.39, 0.29) is 16.9 Å². The van der Waals surface area contributed by atoms with Gasteiger partial charge in [0.15, 0.2) is 5.82 Å². The van der Waals surface area contributed by atoms with Crippen LogP contribution in [0.25, 0.3) is 5.69 Å². The molecule has 0 aliphatic heterocycles. The molecule has 1 aromatic carbocycles. The van der Waals surface area contributed by atoms with Crippen molar-refractivity contribution in [3.05, 3.63) is 51.4 Å². The molecule has 7 heteroatoms. The Bertz CT molecular complexity index is 703. The molecule has 0 radical (unpaired) electrons. The number of hydrogen-bond acceptors (Lipinski definition) is 2. The molecule has 0 saturated heterocycles. The van der Waals surface area contributed by atoms with Crippen LogP contribution in [0.4, 0.5) is 8.78 Å². The van der Waals surface area contributed by atoms with E-state index in [2.05, 4.69) is 5.10 Å². The van der Waals surface area contributed by atoms with Gasteiger partial charge in [0.1, 0.15) is 5.82 Å². The maximum atomic E-state index is 13.6. The zero-order valence-corrected chi connectivity index (χ0v) is 9.91. The van der Waals surface area contributed by atoms with E-state index in [1.807, 2.05) is 0 Å². The van der Waals surface area contributed by atoms with Gasteiger partial charge in [0, 0.05) is 11.8 Å². The Balaban J connectivity index is 2.58. The van der Waals surface area contributed by atoms with Crippen molar-refractivity contribution in [1.82, 2.24) is 9.78 Å². The molecule has 2 rings (SSSR count). The first-order valence-electron chi connectivity index (χ1n) is 5.38. The lowest BCUT2D eigenvalue weighted by atomic mass is 10.2. The Morgan fingerprint density at radius 3 is 2.68 bits per heavy atom. The Hall–Kier alpha value is -2.44. The molecule has 2 N–H and O–H groups in total. The highest BCUT2D eigenvalue weighted by molar-refractivity contribution is 5.70. The van der Waals surface area contributed by atoms with Gasteiger partial charge in [-0.05, 0) is 19.1 Å². The van der Waals surface area contributed by atoms with Gasteiger partial charge < -0.3 is 5.11 Å². The molecule has 0 amide bonds. The Kier molecular flexibility index (Phi) is 3.20. The molecular formula is C12H10F2N2O3. The van der Waals surface area contributed by atoms with Crippen LogP contribution >= 0.6 is 0 Å². The summed E-state index contributed by atoms with van der Waals surface area (Å²) in [6, 6.07) is 2.90. The normalized spacial score (nSPS) is 10.7. The molecular weight excluding hydrogens is 258 g/mol. The largest absolute Gasteiger partial charge is 0.481 e. The fourth-order valence-electron chi connectivity index (χ4n) is 1.82. The summed E-state index contributed by atoms with van der Waals surface area (Å²) in [5, 5.41) is 11.0. The fraction of sp³-hybridized carbons (Fsp3) is 0.167. The summed E-state index contributed by atoms with van der Waals surface area (Å²) in [6.45, 7) is 1.49. The SMILES string of the molecule is Cc1c(CC(=O)O)c(=O)[nH]n1-c1ccc(F)cc1F. The van der Waals surface area contributed by atoms with E-state index in [0.29, 0.717) is 6.07 Å². The lowest BCUT2D eigenvalue weighted by Crippen LogP contribution is -2.11. The number of carboxylic acid groups (broad SMARTS) is 1. The summed E-state index contributed by atoms with van der Waals surface area (Å²) in [5.74, 6) is -2.75. The van der Waals surface area contributed by atoms with Gasteiger partial charge in [0.25, 0.3) is 5.56 Å². The number of halogens is 2. The van der Waals surface area contributed by atoms with Crippen LogP contribution in [0.2, 0.25) is 0 Å². The monoisotopic (exact) mass is 268 g/mol. The standard InChI is InChI=1S/C12H10F2N2O3/c1-6-8(5-11(17)18)12(19)15-16(6)10-3-2-7(13)4-9(10)14/h2-4H,5H2,1H3,(H,15,19)(H,17,18). The summed E-state index contributed by atoms with van der Waals surface area (Å²) >= 11 is 0. The third kappa shape index (κ3) is 2.40. The number of aromatic amines is 1. The van der Waals surface area contributed by atoms with E-state index in [1.54, 1.807) is 0 Å². The van der Waals surface area contributed by atoms with Crippen LogP contribution in [0, 0.1) is 18.6 Å². The summed E-state index contributed by atoms with van der Waals surface area (Å²) in [5.41, 5.74) is -0.342. The third-order valence-corrected chi connectivity index (χ3v) is 2.74. The fourth-order valence-corrected chi connectivity index (χ4v) is 1.82. The minimum Gasteiger partial charge on any atom is -0.481 e. The first kappa shape index (κ1) is 13.0. The van der Waals surface area contributed by atoms with Crippen molar-refractivity contribution in [1.29, 1.82) is 0 Å². The van der Waals surface area contributed by atoms with Crippen molar-refractivity contribution in [2.75, 3.05) is 0 Å². The first-order valence-corrected chi connectivity index (χ1v) is 5.38. The molecule has 0 fully saturated rings. The molecule has 0 aliphatic rings. The van der Waals surface area contributed by atoms with Gasteiger partial charge in [0.05, 0.1) is 17.7 Å². The Labute approximate surface area is 106 Å². The van der Waals surface area contributed by atoms with Gasteiger partial charge in [0.2, 0.25) is 0 Å². The molecule has 0 atom stereocenters. The maximum Gasteiger partial charge on any atom is 0.308 e. The van der Waals surface area contributed by atoms with Gasteiger partial charge in [-0.1, -0.05) is 0 Å². The number of H-pyrrole nitrogens is 1. The second kappa shape index (κ2) is 4.68. The number of carboxylic acids is 1. The lowest BCUT2D eigenvalue weighted by Gasteiger charge is -2.07. The van der Waals surface area contributed by atoms with Crippen molar-refractivity contribution < 1.29 is 18.7 Å². The van der Waals surface area contributed by atoms with Crippen LogP contribution in [0.15, 0.2) is 23.0 Å². The van der Waals surface area contributed by atoms with E-state index in [4.69, 9.17) is 5.11 Å². The molecule has 5 nitrogen and oxygen atoms in total. The average molecular weight is 268 g/mol. The number of aliphatic carboxylic acids is 1. The van der Waals surface area contributed by atoms with E-state index >= 15 is 0 Å². The Morgan fingerprint density at radius 2 is 2.11 bits per heavy atom. The molecule has 0 aliphatic carbocycles. The van der Waals surface area contributed by atoms with Gasteiger partial charge >= 0.3 is 5.97 Å². The first-order chi connectivity index (χ1) is 8.90. The van der Waals surface area contributed by atoms with Crippen LogP contribution in [0.5, 0.6) is 0 Å². The number of carbonyl (C=O) groups is 1. The van der Waals surface area contributed by atoms with Crippen molar-refractivity contribution in [3.63, 3.8) is 0 Å². The lowest BCUT2D eigenvalue weighted by molar-refractivity contribution is -0.136. The molecule has 0 bridgehead atoms. The number of rotatable bonds is 3. The molecule has 19 heavy (non-hydrogen) atoms. The van der Waals surface area contributed by atoms with Crippen molar-refractivity contribution >= 4 is 5.97 Å². The van der Waals surface area contributed by atoms with E-state index < -0.39 is 29.6 Å². The molecule has 1 aromatic heterocycles. The van der Waals surface area contributed by atoms with Crippen LogP contribution in [-0.2, 0) is 11.2 Å². The smallest absolute Gasteiger partial charge is 0.308 e. The number of nitrogens with one attached hydrogen (secondary N) is 1. The number of benzene rings is 1. The highest BCUT2D eigenvalue weighted by Gasteiger charge is 2.17. The molecule has 0 unspecified atom stereocenters. The summed E-state index contributed by atoms with van der Waals surface area (Å²) in [6.07, 6.45) is -0.461. The molecule has 0 saturated carbocycles. The molecule has 1 heterocycles. The molecule has 2 aromatic rings. The summed E-state index contributed by atoms with van der Waals surface area (Å²) in [4.78, 5) is 22.3. The van der Waals surface area contributed by atoms with Gasteiger partial charge in [-0.25, -0.2) is 8.78 Å². The van der Waals surface area contributed by atoms with Crippen molar-refractivity contribution in [3.8, 4) is 5.69 Å². The average Bonchev–Trinajstić information content (AvgIpc) is 2.57. The second-order valence-corrected chi connectivity index (χ2v) is 4.01. The molecule has 0 spiro atoms. The number of aromatic nitrogens is 2. The van der Waals surface area contributed by atoms with E-state index in [0.717, 1.165) is 16.8 Å². The third-order valence-electron chi connectivity index (χ3n) is 2.74. The van der Waals surface area contributed by atoms with E-state index in [1.165, 1.54) is 6.92 Å². The topological polar surface area (TPSA) is 75.1 Å². The van der Waals surface area contributed by atoms with Gasteiger partial charge in [-0.3, -0.25) is 19.4 Å². The maximum absolute atomic E-state index is 13.6. The van der Waals surface area contributed by atoms with Gasteiger partial charge in [-0.2, -0.15) is 0 Å². The van der Waals surface area contributed by atoms with Crippen molar-refractivity contribution in [2.45, 2.75) is 13.3 Å². The minimum atomic E-state index is -1.16. The van der Waals surface area contributed by atoms with E-state index in [9.17, 15) is 18.4 Å². The quantitative estimate of drug-likeness (QED) is 0.883. The minimum absolute atomic E-state index is 0.0382. The van der Waals surface area contributed by atoms with Gasteiger partial charge in [-0.15, -0.1) is 0 Å². The zero-order valence-electron chi connectivity index (χ0n) is 9.91. The van der Waals surface area contributed by atoms with Crippen molar-refractivity contribution in [2.24, 2.45) is 0 Å². The molecule has 100 valence electrons. The highest BCUT2D eigenvalue weighted by atomic mass is 19.1. The Morgan fingerprint density at radius 1 is 1.42 bits per heavy atom. The second-order valence-electron chi connectivity index (χ2n) is 4.01. The predicted molar refractivity (Wildman–Crippen MR) is 62.4 cm³/mol. The highest BCUT2D eigenvalue weighted by Crippen LogP contribution is 2.16.